The van der Waals surface area contributed by atoms with Gasteiger partial charge in [0.25, 0.3) is 0 Å². The van der Waals surface area contributed by atoms with Crippen LogP contribution in [0.3, 0.4) is 0 Å². The van der Waals surface area contributed by atoms with Gasteiger partial charge >= 0.3 is 0 Å². The molecular formula is C22H18O2. The van der Waals surface area contributed by atoms with E-state index in [0.29, 0.717) is 0 Å². The Labute approximate surface area is 140 Å². The minimum atomic E-state index is -0.984. The van der Waals surface area contributed by atoms with E-state index in [1.54, 1.807) is 0 Å². The first-order chi connectivity index (χ1) is 11.8. The summed E-state index contributed by atoms with van der Waals surface area (Å²) in [7, 11) is 0. The van der Waals surface area contributed by atoms with Crippen molar-refractivity contribution in [2.45, 2.75) is 12.2 Å². The predicted octanol–water partition coefficient (Wildman–Crippen LogP) is 4.76. The number of hydrogen-bond donors (Lipinski definition) is 2. The molecule has 0 bridgehead atoms. The lowest BCUT2D eigenvalue weighted by molar-refractivity contribution is 0.0190. The van der Waals surface area contributed by atoms with Crippen molar-refractivity contribution in [2.75, 3.05) is 0 Å². The molecule has 4 aromatic rings. The van der Waals surface area contributed by atoms with Gasteiger partial charge in [-0.05, 0) is 32.7 Å². The largest absolute Gasteiger partial charge is 0.385 e. The fourth-order valence-electron chi connectivity index (χ4n) is 3.36. The minimum absolute atomic E-state index is 0.744. The fourth-order valence-corrected chi connectivity index (χ4v) is 3.36. The monoisotopic (exact) mass is 314 g/mol. The minimum Gasteiger partial charge on any atom is -0.385 e. The van der Waals surface area contributed by atoms with Crippen LogP contribution in [0.25, 0.3) is 21.5 Å². The molecule has 2 unspecified atom stereocenters. The van der Waals surface area contributed by atoms with Gasteiger partial charge in [0, 0.05) is 0 Å². The first-order valence-electron chi connectivity index (χ1n) is 8.07. The highest BCUT2D eigenvalue weighted by Gasteiger charge is 2.23. The van der Waals surface area contributed by atoms with Crippen LogP contribution in [0.5, 0.6) is 0 Å². The zero-order valence-corrected chi connectivity index (χ0v) is 13.1. The van der Waals surface area contributed by atoms with Gasteiger partial charge in [-0.1, -0.05) is 84.9 Å². The van der Waals surface area contributed by atoms with Gasteiger partial charge < -0.3 is 10.2 Å². The van der Waals surface area contributed by atoms with Crippen LogP contribution in [0.4, 0.5) is 0 Å². The van der Waals surface area contributed by atoms with Crippen molar-refractivity contribution >= 4 is 21.5 Å². The molecule has 2 heteroatoms. The van der Waals surface area contributed by atoms with Gasteiger partial charge in [0.05, 0.1) is 0 Å². The highest BCUT2D eigenvalue weighted by atomic mass is 16.3. The van der Waals surface area contributed by atoms with Gasteiger partial charge in [0.2, 0.25) is 0 Å². The summed E-state index contributed by atoms with van der Waals surface area (Å²) in [6, 6.07) is 27.4. The Morgan fingerprint density at radius 1 is 0.458 bits per heavy atom. The first-order valence-corrected chi connectivity index (χ1v) is 8.07. The molecule has 0 saturated heterocycles. The molecule has 24 heavy (non-hydrogen) atoms. The molecule has 0 aromatic heterocycles. The molecule has 4 aromatic carbocycles. The molecule has 0 heterocycles. The third-order valence-corrected chi connectivity index (χ3v) is 4.58. The highest BCUT2D eigenvalue weighted by molar-refractivity contribution is 5.87. The summed E-state index contributed by atoms with van der Waals surface area (Å²) in [6.45, 7) is 0. The molecular weight excluding hydrogens is 296 g/mol. The van der Waals surface area contributed by atoms with Gasteiger partial charge in [-0.2, -0.15) is 0 Å². The molecule has 0 fully saturated rings. The molecule has 0 radical (unpaired) electrons. The maximum atomic E-state index is 10.8. The van der Waals surface area contributed by atoms with Gasteiger partial charge in [-0.15, -0.1) is 0 Å². The molecule has 0 amide bonds. The molecule has 0 aliphatic rings. The Hall–Kier alpha value is -2.68. The smallest absolute Gasteiger partial charge is 0.110 e. The molecule has 2 atom stereocenters. The average Bonchev–Trinajstić information content (AvgIpc) is 2.66. The van der Waals surface area contributed by atoms with Crippen LogP contribution in [0.1, 0.15) is 23.3 Å². The summed E-state index contributed by atoms with van der Waals surface area (Å²) < 4.78 is 0. The Kier molecular flexibility index (Phi) is 3.77. The number of fused-ring (bicyclic) bond motifs is 2. The summed E-state index contributed by atoms with van der Waals surface area (Å²) in [4.78, 5) is 0. The Morgan fingerprint density at radius 3 is 1.29 bits per heavy atom. The van der Waals surface area contributed by atoms with Gasteiger partial charge in [-0.3, -0.25) is 0 Å². The summed E-state index contributed by atoms with van der Waals surface area (Å²) in [5, 5.41) is 25.7. The lowest BCUT2D eigenvalue weighted by Crippen LogP contribution is -2.11. The Balaban J connectivity index is 1.82. The quantitative estimate of drug-likeness (QED) is 0.572. The number of aliphatic hydroxyl groups is 2. The molecule has 4 rings (SSSR count). The van der Waals surface area contributed by atoms with Crippen LogP contribution in [0, 0.1) is 0 Å². The SMILES string of the molecule is OC(c1cccc2ccccc12)C(O)c1cccc2ccccc12. The van der Waals surface area contributed by atoms with E-state index >= 15 is 0 Å². The molecule has 0 spiro atoms. The molecule has 2 nitrogen and oxygen atoms in total. The number of benzene rings is 4. The highest BCUT2D eigenvalue weighted by Crippen LogP contribution is 2.35. The number of hydrogen-bond acceptors (Lipinski definition) is 2. The lowest BCUT2D eigenvalue weighted by atomic mass is 9.91. The maximum absolute atomic E-state index is 10.8. The van der Waals surface area contributed by atoms with Crippen molar-refractivity contribution in [2.24, 2.45) is 0 Å². The van der Waals surface area contributed by atoms with Gasteiger partial charge in [-0.25, -0.2) is 0 Å². The van der Waals surface area contributed by atoms with E-state index in [1.165, 1.54) is 0 Å². The molecule has 2 N–H and O–H groups in total. The normalized spacial score (nSPS) is 13.9. The molecule has 0 aliphatic carbocycles. The Bertz CT molecular complexity index is 913. The van der Waals surface area contributed by atoms with E-state index in [0.717, 1.165) is 32.7 Å². The Morgan fingerprint density at radius 2 is 0.833 bits per heavy atom. The van der Waals surface area contributed by atoms with Crippen LogP contribution >= 0.6 is 0 Å². The number of aliphatic hydroxyl groups excluding tert-OH is 2. The zero-order valence-electron chi connectivity index (χ0n) is 13.1. The van der Waals surface area contributed by atoms with E-state index in [4.69, 9.17) is 0 Å². The second kappa shape index (κ2) is 6.08. The standard InChI is InChI=1S/C22H18O2/c23-21(19-13-5-9-15-7-1-3-11-17(15)19)22(24)20-14-6-10-16-8-2-4-12-18(16)20/h1-14,21-24H. The molecule has 118 valence electrons. The van der Waals surface area contributed by atoms with E-state index in [9.17, 15) is 10.2 Å². The zero-order chi connectivity index (χ0) is 16.5. The average molecular weight is 314 g/mol. The second-order valence-corrected chi connectivity index (χ2v) is 6.03. The van der Waals surface area contributed by atoms with Crippen molar-refractivity contribution in [3.8, 4) is 0 Å². The topological polar surface area (TPSA) is 40.5 Å². The second-order valence-electron chi connectivity index (χ2n) is 6.03. The molecule has 0 aliphatic heterocycles. The van der Waals surface area contributed by atoms with Gasteiger partial charge in [0.1, 0.15) is 12.2 Å². The predicted molar refractivity (Wildman–Crippen MR) is 97.8 cm³/mol. The van der Waals surface area contributed by atoms with Crippen LogP contribution < -0.4 is 0 Å². The maximum Gasteiger partial charge on any atom is 0.110 e. The summed E-state index contributed by atoms with van der Waals surface area (Å²) >= 11 is 0. The van der Waals surface area contributed by atoms with Crippen LogP contribution in [0.15, 0.2) is 84.9 Å². The van der Waals surface area contributed by atoms with Crippen molar-refractivity contribution in [3.05, 3.63) is 96.1 Å². The van der Waals surface area contributed by atoms with Crippen molar-refractivity contribution < 1.29 is 10.2 Å². The fraction of sp³-hybridized carbons (Fsp3) is 0.0909. The van der Waals surface area contributed by atoms with E-state index in [1.807, 2.05) is 84.9 Å². The van der Waals surface area contributed by atoms with Crippen LogP contribution in [-0.2, 0) is 0 Å². The summed E-state index contributed by atoms with van der Waals surface area (Å²) in [5.74, 6) is 0. The van der Waals surface area contributed by atoms with E-state index in [2.05, 4.69) is 0 Å². The van der Waals surface area contributed by atoms with E-state index in [-0.39, 0.29) is 0 Å². The number of rotatable bonds is 3. The van der Waals surface area contributed by atoms with Crippen molar-refractivity contribution in [1.29, 1.82) is 0 Å². The van der Waals surface area contributed by atoms with Crippen LogP contribution in [0.2, 0.25) is 0 Å². The summed E-state index contributed by atoms with van der Waals surface area (Å²) in [6.07, 6.45) is -1.97. The van der Waals surface area contributed by atoms with Crippen molar-refractivity contribution in [3.63, 3.8) is 0 Å². The van der Waals surface area contributed by atoms with E-state index < -0.39 is 12.2 Å². The third kappa shape index (κ3) is 2.46. The summed E-state index contributed by atoms with van der Waals surface area (Å²) in [5.41, 5.74) is 1.49. The third-order valence-electron chi connectivity index (χ3n) is 4.58. The van der Waals surface area contributed by atoms with Crippen molar-refractivity contribution in [1.82, 2.24) is 0 Å². The molecule has 0 saturated carbocycles. The van der Waals surface area contributed by atoms with Gasteiger partial charge in [0.15, 0.2) is 0 Å². The van der Waals surface area contributed by atoms with Crippen LogP contribution in [-0.4, -0.2) is 10.2 Å². The lowest BCUT2D eigenvalue weighted by Gasteiger charge is -2.21. The first kappa shape index (κ1) is 14.9.